The molecule has 0 bridgehead atoms. The molecule has 5 atom stereocenters. The van der Waals surface area contributed by atoms with Gasteiger partial charge in [0.25, 0.3) is 0 Å². The molecule has 0 aromatic rings. The van der Waals surface area contributed by atoms with Crippen LogP contribution in [0, 0.1) is 11.8 Å². The summed E-state index contributed by atoms with van der Waals surface area (Å²) < 4.78 is 11.5. The minimum Gasteiger partial charge on any atom is -0.459 e. The second kappa shape index (κ2) is 4.09. The molecule has 3 heteroatoms. The molecular weight excluding hydrogens is 228 g/mol. The molecule has 0 aromatic heterocycles. The second-order valence-electron chi connectivity index (χ2n) is 6.35. The largest absolute Gasteiger partial charge is 0.459 e. The predicted octanol–water partition coefficient (Wildman–Crippen LogP) is 2.84. The minimum absolute atomic E-state index is 0.00577. The van der Waals surface area contributed by atoms with Gasteiger partial charge in [0.2, 0.25) is 0 Å². The molecule has 0 spiro atoms. The first kappa shape index (κ1) is 12.2. The Hall–Kier alpha value is -0.830. The van der Waals surface area contributed by atoms with Crippen molar-refractivity contribution in [3.63, 3.8) is 0 Å². The fraction of sp³-hybridized carbons (Fsp3) is 0.800. The number of hydrogen-bond acceptors (Lipinski definition) is 3. The van der Waals surface area contributed by atoms with E-state index in [1.54, 1.807) is 0 Å². The van der Waals surface area contributed by atoms with Gasteiger partial charge in [0.05, 0.1) is 11.5 Å². The first-order chi connectivity index (χ1) is 8.51. The summed E-state index contributed by atoms with van der Waals surface area (Å²) >= 11 is 0. The molecule has 2 fully saturated rings. The van der Waals surface area contributed by atoms with Crippen molar-refractivity contribution in [2.45, 2.75) is 64.3 Å². The normalized spacial score (nSPS) is 50.6. The Balaban J connectivity index is 1.87. The highest BCUT2D eigenvalue weighted by atomic mass is 16.6. The van der Waals surface area contributed by atoms with Crippen LogP contribution in [-0.2, 0) is 14.3 Å². The Labute approximate surface area is 109 Å². The molecular formula is C15H22O3. The lowest BCUT2D eigenvalue weighted by molar-refractivity contribution is -0.144. The number of hydrogen-bond donors (Lipinski definition) is 0. The summed E-state index contributed by atoms with van der Waals surface area (Å²) in [6.07, 6.45) is 6.73. The zero-order chi connectivity index (χ0) is 12.9. The van der Waals surface area contributed by atoms with Crippen LogP contribution in [-0.4, -0.2) is 23.8 Å². The Kier molecular flexibility index (Phi) is 2.77. The molecule has 18 heavy (non-hydrogen) atoms. The molecule has 0 aromatic carbocycles. The Morgan fingerprint density at radius 3 is 3.00 bits per heavy atom. The third kappa shape index (κ3) is 1.89. The van der Waals surface area contributed by atoms with Crippen LogP contribution in [0.1, 0.15) is 46.5 Å². The van der Waals surface area contributed by atoms with Gasteiger partial charge in [-0.2, -0.15) is 0 Å². The average Bonchev–Trinajstić information content (AvgIpc) is 2.92. The van der Waals surface area contributed by atoms with Gasteiger partial charge in [-0.05, 0) is 39.5 Å². The van der Waals surface area contributed by atoms with E-state index in [1.165, 1.54) is 5.57 Å². The van der Waals surface area contributed by atoms with E-state index in [0.29, 0.717) is 5.92 Å². The maximum Gasteiger partial charge on any atom is 0.309 e. The number of carbonyl (C=O) groups excluding carboxylic acids is 1. The predicted molar refractivity (Wildman–Crippen MR) is 68.0 cm³/mol. The van der Waals surface area contributed by atoms with Crippen molar-refractivity contribution in [3.8, 4) is 0 Å². The standard InChI is InChI=1S/C15H22O3/c1-9-6-4-5-7-15(3)13(18-15)12-11(8-9)10(2)14(16)17-12/h6,10-13H,4-5,7-8H2,1-3H3/b9-6+. The molecule has 0 amide bonds. The molecule has 1 aliphatic carbocycles. The SMILES string of the molecule is C/C1=C\CCCC2(C)OC2C2OC(=O)C(C)C2C1. The van der Waals surface area contributed by atoms with Crippen molar-refractivity contribution < 1.29 is 14.3 Å². The minimum atomic E-state index is -0.0493. The van der Waals surface area contributed by atoms with Gasteiger partial charge in [0, 0.05) is 5.92 Å². The molecule has 100 valence electrons. The zero-order valence-electron chi connectivity index (χ0n) is 11.4. The van der Waals surface area contributed by atoms with Crippen LogP contribution < -0.4 is 0 Å². The lowest BCUT2D eigenvalue weighted by atomic mass is 9.81. The highest BCUT2D eigenvalue weighted by Crippen LogP contribution is 2.50. The van der Waals surface area contributed by atoms with Crippen molar-refractivity contribution in [1.29, 1.82) is 0 Å². The van der Waals surface area contributed by atoms with Crippen LogP contribution in [0.5, 0.6) is 0 Å². The Bertz CT molecular complexity index is 401. The summed E-state index contributed by atoms with van der Waals surface area (Å²) in [6, 6.07) is 0. The summed E-state index contributed by atoms with van der Waals surface area (Å²) in [5.74, 6) is 0.250. The van der Waals surface area contributed by atoms with Gasteiger partial charge in [0.15, 0.2) is 0 Å². The van der Waals surface area contributed by atoms with Gasteiger partial charge in [-0.3, -0.25) is 4.79 Å². The van der Waals surface area contributed by atoms with Crippen molar-refractivity contribution >= 4 is 5.97 Å². The van der Waals surface area contributed by atoms with Crippen LogP contribution in [0.3, 0.4) is 0 Å². The number of allylic oxidation sites excluding steroid dienone is 2. The number of rotatable bonds is 0. The quantitative estimate of drug-likeness (QED) is 0.377. The lowest BCUT2D eigenvalue weighted by Gasteiger charge is -2.20. The number of ether oxygens (including phenoxy) is 2. The Morgan fingerprint density at radius 2 is 2.22 bits per heavy atom. The highest BCUT2D eigenvalue weighted by molar-refractivity contribution is 5.75. The van der Waals surface area contributed by atoms with E-state index in [0.717, 1.165) is 25.7 Å². The Morgan fingerprint density at radius 1 is 1.44 bits per heavy atom. The molecule has 0 N–H and O–H groups in total. The van der Waals surface area contributed by atoms with E-state index in [1.807, 2.05) is 6.92 Å². The van der Waals surface area contributed by atoms with Crippen LogP contribution in [0.2, 0.25) is 0 Å². The summed E-state index contributed by atoms with van der Waals surface area (Å²) in [6.45, 7) is 6.32. The third-order valence-corrected chi connectivity index (χ3v) is 4.86. The van der Waals surface area contributed by atoms with Crippen LogP contribution in [0.15, 0.2) is 11.6 Å². The molecule has 2 aliphatic heterocycles. The molecule has 0 radical (unpaired) electrons. The average molecular weight is 250 g/mol. The van der Waals surface area contributed by atoms with Crippen molar-refractivity contribution in [3.05, 3.63) is 11.6 Å². The maximum absolute atomic E-state index is 11.8. The van der Waals surface area contributed by atoms with E-state index >= 15 is 0 Å². The zero-order valence-corrected chi connectivity index (χ0v) is 11.4. The van der Waals surface area contributed by atoms with Gasteiger partial charge in [0.1, 0.15) is 12.2 Å². The first-order valence-corrected chi connectivity index (χ1v) is 7.05. The smallest absolute Gasteiger partial charge is 0.309 e. The van der Waals surface area contributed by atoms with E-state index in [9.17, 15) is 4.79 Å². The van der Waals surface area contributed by atoms with E-state index in [4.69, 9.17) is 9.47 Å². The van der Waals surface area contributed by atoms with Crippen molar-refractivity contribution in [1.82, 2.24) is 0 Å². The van der Waals surface area contributed by atoms with Gasteiger partial charge >= 0.3 is 5.97 Å². The summed E-state index contributed by atoms with van der Waals surface area (Å²) in [5, 5.41) is 0. The van der Waals surface area contributed by atoms with E-state index < -0.39 is 0 Å². The van der Waals surface area contributed by atoms with E-state index in [-0.39, 0.29) is 29.7 Å². The number of epoxide rings is 1. The molecule has 3 nitrogen and oxygen atoms in total. The fourth-order valence-electron chi connectivity index (χ4n) is 3.50. The van der Waals surface area contributed by atoms with Crippen molar-refractivity contribution in [2.24, 2.45) is 11.8 Å². The van der Waals surface area contributed by atoms with E-state index in [2.05, 4.69) is 19.9 Å². The third-order valence-electron chi connectivity index (χ3n) is 4.86. The van der Waals surface area contributed by atoms with Gasteiger partial charge in [-0.25, -0.2) is 0 Å². The van der Waals surface area contributed by atoms with Gasteiger partial charge in [-0.1, -0.05) is 18.6 Å². The molecule has 5 unspecified atom stereocenters. The fourth-order valence-corrected chi connectivity index (χ4v) is 3.50. The second-order valence-corrected chi connectivity index (χ2v) is 6.35. The molecule has 3 rings (SSSR count). The number of carbonyl (C=O) groups is 1. The highest BCUT2D eigenvalue weighted by Gasteiger charge is 2.62. The summed E-state index contributed by atoms with van der Waals surface area (Å²) in [5.41, 5.74) is 1.34. The molecule has 0 saturated carbocycles. The van der Waals surface area contributed by atoms with Gasteiger partial charge in [-0.15, -0.1) is 0 Å². The summed E-state index contributed by atoms with van der Waals surface area (Å²) in [4.78, 5) is 11.8. The van der Waals surface area contributed by atoms with Crippen LogP contribution in [0.25, 0.3) is 0 Å². The van der Waals surface area contributed by atoms with Crippen LogP contribution in [0.4, 0.5) is 0 Å². The first-order valence-electron chi connectivity index (χ1n) is 7.05. The monoisotopic (exact) mass is 250 g/mol. The lowest BCUT2D eigenvalue weighted by Crippen LogP contribution is -2.30. The van der Waals surface area contributed by atoms with Crippen LogP contribution >= 0.6 is 0 Å². The maximum atomic E-state index is 11.8. The van der Waals surface area contributed by atoms with Gasteiger partial charge < -0.3 is 9.47 Å². The molecule has 3 aliphatic rings. The number of esters is 1. The topological polar surface area (TPSA) is 38.8 Å². The molecule has 2 heterocycles. The number of fused-ring (bicyclic) bond motifs is 3. The molecule has 2 saturated heterocycles. The van der Waals surface area contributed by atoms with Crippen molar-refractivity contribution in [2.75, 3.05) is 0 Å². The summed E-state index contributed by atoms with van der Waals surface area (Å²) in [7, 11) is 0.